The molecular formula is C11H18N2O2. The Hall–Kier alpha value is -1.16. The fourth-order valence-electron chi connectivity index (χ4n) is 1.33. The van der Waals surface area contributed by atoms with E-state index in [1.54, 1.807) is 13.2 Å². The van der Waals surface area contributed by atoms with E-state index >= 15 is 0 Å². The van der Waals surface area contributed by atoms with Crippen LogP contribution >= 0.6 is 0 Å². The number of nitrogens with zero attached hydrogens (tertiary/aromatic N) is 1. The summed E-state index contributed by atoms with van der Waals surface area (Å²) in [5.74, 6) is 1.04. The first-order chi connectivity index (χ1) is 7.13. The van der Waals surface area contributed by atoms with Crippen LogP contribution in [0, 0.1) is 0 Å². The van der Waals surface area contributed by atoms with E-state index in [-0.39, 0.29) is 11.5 Å². The van der Waals surface area contributed by atoms with Crippen molar-refractivity contribution in [3.05, 3.63) is 27.9 Å². The zero-order valence-corrected chi connectivity index (χ0v) is 9.54. The highest BCUT2D eigenvalue weighted by Gasteiger charge is 2.04. The third-order valence-corrected chi connectivity index (χ3v) is 2.16. The summed E-state index contributed by atoms with van der Waals surface area (Å²) >= 11 is 0. The van der Waals surface area contributed by atoms with E-state index in [9.17, 15) is 4.79 Å². The maximum absolute atomic E-state index is 11.3. The predicted molar refractivity (Wildman–Crippen MR) is 59.1 cm³/mol. The van der Waals surface area contributed by atoms with Gasteiger partial charge in [-0.3, -0.25) is 4.79 Å². The van der Waals surface area contributed by atoms with Crippen LogP contribution in [0.3, 0.4) is 0 Å². The topological polar surface area (TPSA) is 55.0 Å². The fourth-order valence-corrected chi connectivity index (χ4v) is 1.33. The van der Waals surface area contributed by atoms with Crippen LogP contribution in [-0.4, -0.2) is 23.7 Å². The first-order valence-corrected chi connectivity index (χ1v) is 5.22. The van der Waals surface area contributed by atoms with Gasteiger partial charge in [0.1, 0.15) is 5.82 Å². The van der Waals surface area contributed by atoms with Crippen molar-refractivity contribution in [2.75, 3.05) is 13.7 Å². The lowest BCUT2D eigenvalue weighted by Crippen LogP contribution is -2.14. The fraction of sp³-hybridized carbons (Fsp3) is 0.636. The maximum atomic E-state index is 11.3. The molecule has 0 aromatic carbocycles. The zero-order valence-electron chi connectivity index (χ0n) is 9.54. The molecule has 1 rings (SSSR count). The van der Waals surface area contributed by atoms with Gasteiger partial charge < -0.3 is 9.72 Å². The SMILES string of the molecule is COCCCc1nc(C(C)C)cc(=O)[nH]1. The van der Waals surface area contributed by atoms with E-state index in [1.807, 2.05) is 13.8 Å². The summed E-state index contributed by atoms with van der Waals surface area (Å²) in [6.45, 7) is 4.75. The molecule has 1 N–H and O–H groups in total. The highest BCUT2D eigenvalue weighted by Crippen LogP contribution is 2.08. The van der Waals surface area contributed by atoms with Gasteiger partial charge in [0, 0.05) is 26.2 Å². The molecular weight excluding hydrogens is 192 g/mol. The molecule has 0 unspecified atom stereocenters. The average Bonchev–Trinajstić information content (AvgIpc) is 2.17. The van der Waals surface area contributed by atoms with Gasteiger partial charge in [0.2, 0.25) is 0 Å². The molecule has 4 heteroatoms. The van der Waals surface area contributed by atoms with Crippen molar-refractivity contribution in [3.8, 4) is 0 Å². The summed E-state index contributed by atoms with van der Waals surface area (Å²) in [5, 5.41) is 0. The summed E-state index contributed by atoms with van der Waals surface area (Å²) in [6.07, 6.45) is 1.63. The third-order valence-electron chi connectivity index (χ3n) is 2.16. The summed E-state index contributed by atoms with van der Waals surface area (Å²) in [6, 6.07) is 1.56. The average molecular weight is 210 g/mol. The minimum atomic E-state index is -0.0684. The molecule has 84 valence electrons. The minimum Gasteiger partial charge on any atom is -0.385 e. The summed E-state index contributed by atoms with van der Waals surface area (Å²) < 4.78 is 4.95. The Kier molecular flexibility index (Phi) is 4.49. The molecule has 0 saturated carbocycles. The smallest absolute Gasteiger partial charge is 0.251 e. The second-order valence-electron chi connectivity index (χ2n) is 3.87. The number of hydrogen-bond donors (Lipinski definition) is 1. The van der Waals surface area contributed by atoms with Crippen LogP contribution in [0.5, 0.6) is 0 Å². The van der Waals surface area contributed by atoms with Crippen molar-refractivity contribution in [1.29, 1.82) is 0 Å². The lowest BCUT2D eigenvalue weighted by molar-refractivity contribution is 0.194. The van der Waals surface area contributed by atoms with Gasteiger partial charge in [-0.15, -0.1) is 0 Å². The van der Waals surface area contributed by atoms with E-state index in [2.05, 4.69) is 9.97 Å². The first kappa shape index (κ1) is 11.9. The second-order valence-corrected chi connectivity index (χ2v) is 3.87. The second kappa shape index (κ2) is 5.66. The molecule has 0 radical (unpaired) electrons. The molecule has 0 spiro atoms. The van der Waals surface area contributed by atoms with Gasteiger partial charge in [0.05, 0.1) is 5.69 Å². The Morgan fingerprint density at radius 3 is 2.87 bits per heavy atom. The van der Waals surface area contributed by atoms with Gasteiger partial charge in [-0.2, -0.15) is 0 Å². The van der Waals surface area contributed by atoms with Gasteiger partial charge >= 0.3 is 0 Å². The summed E-state index contributed by atoms with van der Waals surface area (Å²) in [4.78, 5) is 18.5. The van der Waals surface area contributed by atoms with Gasteiger partial charge in [-0.05, 0) is 12.3 Å². The number of aryl methyl sites for hydroxylation is 1. The molecule has 0 bridgehead atoms. The lowest BCUT2D eigenvalue weighted by Gasteiger charge is -2.06. The lowest BCUT2D eigenvalue weighted by atomic mass is 10.1. The standard InChI is InChI=1S/C11H18N2O2/c1-8(2)9-7-11(14)13-10(12-9)5-4-6-15-3/h7-8H,4-6H2,1-3H3,(H,12,13,14). The monoisotopic (exact) mass is 210 g/mol. The molecule has 0 aliphatic carbocycles. The van der Waals surface area contributed by atoms with Crippen molar-refractivity contribution < 1.29 is 4.74 Å². The van der Waals surface area contributed by atoms with E-state index < -0.39 is 0 Å². The maximum Gasteiger partial charge on any atom is 0.251 e. The van der Waals surface area contributed by atoms with Gasteiger partial charge in [0.25, 0.3) is 5.56 Å². The van der Waals surface area contributed by atoms with Crippen molar-refractivity contribution in [1.82, 2.24) is 9.97 Å². The van der Waals surface area contributed by atoms with Crippen molar-refractivity contribution >= 4 is 0 Å². The van der Waals surface area contributed by atoms with Crippen molar-refractivity contribution in [3.63, 3.8) is 0 Å². The van der Waals surface area contributed by atoms with Gasteiger partial charge in [0.15, 0.2) is 0 Å². The van der Waals surface area contributed by atoms with Crippen molar-refractivity contribution in [2.45, 2.75) is 32.6 Å². The molecule has 0 saturated heterocycles. The quantitative estimate of drug-likeness (QED) is 0.749. The molecule has 1 aromatic heterocycles. The van der Waals surface area contributed by atoms with Gasteiger partial charge in [-0.1, -0.05) is 13.8 Å². The van der Waals surface area contributed by atoms with E-state index in [0.29, 0.717) is 6.61 Å². The van der Waals surface area contributed by atoms with Crippen LogP contribution in [0.25, 0.3) is 0 Å². The minimum absolute atomic E-state index is 0.0684. The molecule has 4 nitrogen and oxygen atoms in total. The summed E-state index contributed by atoms with van der Waals surface area (Å²) in [5.41, 5.74) is 0.785. The van der Waals surface area contributed by atoms with Crippen LogP contribution < -0.4 is 5.56 Å². The number of aromatic amines is 1. The molecule has 0 aliphatic heterocycles. The van der Waals surface area contributed by atoms with Crippen LogP contribution in [0.15, 0.2) is 10.9 Å². The van der Waals surface area contributed by atoms with E-state index in [1.165, 1.54) is 0 Å². The molecule has 1 heterocycles. The van der Waals surface area contributed by atoms with Crippen LogP contribution in [0.2, 0.25) is 0 Å². The van der Waals surface area contributed by atoms with E-state index in [0.717, 1.165) is 24.4 Å². The number of ether oxygens (including phenoxy) is 1. The summed E-state index contributed by atoms with van der Waals surface area (Å²) in [7, 11) is 1.67. The molecule has 0 aliphatic rings. The van der Waals surface area contributed by atoms with Crippen molar-refractivity contribution in [2.24, 2.45) is 0 Å². The zero-order chi connectivity index (χ0) is 11.3. The highest BCUT2D eigenvalue weighted by molar-refractivity contribution is 5.06. The Morgan fingerprint density at radius 1 is 1.53 bits per heavy atom. The Bertz CT molecular complexity index is 358. The Morgan fingerprint density at radius 2 is 2.27 bits per heavy atom. The largest absolute Gasteiger partial charge is 0.385 e. The molecule has 0 atom stereocenters. The third kappa shape index (κ3) is 3.83. The Balaban J connectivity index is 2.75. The van der Waals surface area contributed by atoms with E-state index in [4.69, 9.17) is 4.74 Å². The van der Waals surface area contributed by atoms with Crippen LogP contribution in [0.1, 0.15) is 37.7 Å². The normalized spacial score (nSPS) is 10.9. The Labute approximate surface area is 89.7 Å². The highest BCUT2D eigenvalue weighted by atomic mass is 16.5. The first-order valence-electron chi connectivity index (χ1n) is 5.22. The molecule has 1 aromatic rings. The molecule has 0 amide bonds. The number of hydrogen-bond acceptors (Lipinski definition) is 3. The predicted octanol–water partition coefficient (Wildman–Crippen LogP) is 1.47. The molecule has 15 heavy (non-hydrogen) atoms. The van der Waals surface area contributed by atoms with Gasteiger partial charge in [-0.25, -0.2) is 4.98 Å². The van der Waals surface area contributed by atoms with Crippen LogP contribution in [-0.2, 0) is 11.2 Å². The number of nitrogens with one attached hydrogen (secondary N) is 1. The number of H-pyrrole nitrogens is 1. The number of rotatable bonds is 5. The van der Waals surface area contributed by atoms with Crippen LogP contribution in [0.4, 0.5) is 0 Å². The molecule has 0 fully saturated rings. The number of methoxy groups -OCH3 is 1. The number of aromatic nitrogens is 2.